The lowest BCUT2D eigenvalue weighted by Gasteiger charge is -2.38. The third kappa shape index (κ3) is 8.51. The summed E-state index contributed by atoms with van der Waals surface area (Å²) >= 11 is 0. The number of hydrogen-bond donors (Lipinski definition) is 3. The third-order valence-corrected chi connectivity index (χ3v) is 12.3. The maximum Gasteiger partial charge on any atom is 0.361 e. The predicted octanol–water partition coefficient (Wildman–Crippen LogP) is 4.08. The van der Waals surface area contributed by atoms with E-state index >= 15 is 0 Å². The molecule has 0 spiro atoms. The zero-order chi connectivity index (χ0) is 45.4. The predicted molar refractivity (Wildman–Crippen MR) is 230 cm³/mol. The van der Waals surface area contributed by atoms with E-state index < -0.39 is 53.5 Å². The monoisotopic (exact) mass is 882 g/mol. The van der Waals surface area contributed by atoms with Gasteiger partial charge in [-0.05, 0) is 68.5 Å². The van der Waals surface area contributed by atoms with Gasteiger partial charge in [0, 0.05) is 61.5 Å². The molecule has 1 unspecified atom stereocenters. The number of hydrogen-bond acceptors (Lipinski definition) is 13. The molecular weight excluding hydrogens is 840 g/mol. The number of likely N-dealkylation sites (tertiary alicyclic amines) is 1. The first kappa shape index (κ1) is 42.5. The van der Waals surface area contributed by atoms with E-state index in [2.05, 4.69) is 25.7 Å². The van der Waals surface area contributed by atoms with Crippen LogP contribution in [-0.2, 0) is 23.9 Å². The van der Waals surface area contributed by atoms with Crippen LogP contribution < -0.4 is 21.3 Å². The molecule has 6 amide bonds. The van der Waals surface area contributed by atoms with Crippen molar-refractivity contribution in [1.29, 1.82) is 0 Å². The third-order valence-electron chi connectivity index (χ3n) is 12.3. The molecule has 0 saturated carbocycles. The number of anilines is 3. The van der Waals surface area contributed by atoms with Crippen molar-refractivity contribution < 1.29 is 42.7 Å². The van der Waals surface area contributed by atoms with Crippen LogP contribution in [0.2, 0.25) is 0 Å². The quantitative estimate of drug-likeness (QED) is 0.133. The Labute approximate surface area is 370 Å². The van der Waals surface area contributed by atoms with Gasteiger partial charge in [0.15, 0.2) is 11.5 Å². The van der Waals surface area contributed by atoms with E-state index in [0.29, 0.717) is 80.1 Å². The summed E-state index contributed by atoms with van der Waals surface area (Å²) in [5.41, 5.74) is 8.39. The topological polar surface area (TPSA) is 232 Å². The Morgan fingerprint density at radius 1 is 0.846 bits per heavy atom. The Kier molecular flexibility index (Phi) is 11.6. The van der Waals surface area contributed by atoms with Gasteiger partial charge in [0.25, 0.3) is 17.7 Å². The smallest absolute Gasteiger partial charge is 0.361 e. The number of rotatable bonds is 10. The lowest BCUT2D eigenvalue weighted by atomic mass is 9.93. The number of imide groups is 2. The average molecular weight is 883 g/mol. The van der Waals surface area contributed by atoms with E-state index in [0.717, 1.165) is 4.90 Å². The first-order valence-electron chi connectivity index (χ1n) is 21.3. The Morgan fingerprint density at radius 3 is 2.31 bits per heavy atom. The van der Waals surface area contributed by atoms with Crippen LogP contribution in [0.15, 0.2) is 91.4 Å². The van der Waals surface area contributed by atoms with Gasteiger partial charge in [-0.2, -0.15) is 5.10 Å². The first-order chi connectivity index (χ1) is 31.4. The normalized spacial score (nSPS) is 18.6. The number of aromatic nitrogens is 4. The number of piperidine rings is 3. The minimum absolute atomic E-state index is 0.0211. The number of nitrogens with two attached hydrogens (primary N) is 1. The molecule has 0 aliphatic carbocycles. The minimum Gasteiger partial charge on any atom is -0.442 e. The molecule has 4 N–H and O–H groups in total. The molecule has 0 bridgehead atoms. The van der Waals surface area contributed by atoms with Gasteiger partial charge >= 0.3 is 5.97 Å². The number of fused-ring (bicyclic) bond motifs is 1. The standard InChI is InChI=1S/C46H43FN10O8/c47-29-9-11-30(12-10-29)51-42(60)39(26-5-2-1-3-6-26)65-46(64)38-40(48)49-24-33(52-38)28-23-50-56(25-28)31-17-21-55(22-18-31)43(61)27-15-19-54(20-16-27)34-8-4-7-32-37(34)45(63)57(44(32)62)35-13-14-36(58)53-41(35)59/h1-12,23-25,27,31,35,39H,13-22H2,(H2,48,49)(H,51,60)(H,53,58,59)/t35?,39-/m1/s1. The molecule has 2 atom stereocenters. The Hall–Kier alpha value is -7.83. The fourth-order valence-electron chi connectivity index (χ4n) is 8.90. The number of nitrogen functional groups attached to an aromatic ring is 1. The molecule has 2 aromatic heterocycles. The lowest BCUT2D eigenvalue weighted by molar-refractivity contribution is -0.138. The molecule has 4 aliphatic rings. The second-order valence-electron chi connectivity index (χ2n) is 16.4. The highest BCUT2D eigenvalue weighted by atomic mass is 19.1. The van der Waals surface area contributed by atoms with Gasteiger partial charge in [0.05, 0.1) is 40.9 Å². The van der Waals surface area contributed by atoms with Crippen LogP contribution in [0.4, 0.5) is 21.6 Å². The second-order valence-corrected chi connectivity index (χ2v) is 16.4. The molecule has 332 valence electrons. The number of halogens is 1. The van der Waals surface area contributed by atoms with Crippen molar-refractivity contribution in [2.24, 2.45) is 5.92 Å². The second kappa shape index (κ2) is 17.7. The van der Waals surface area contributed by atoms with E-state index in [1.807, 2.05) is 14.5 Å². The SMILES string of the molecule is Nc1ncc(-c2cnn(C3CCN(C(=O)C4CCN(c5cccc6c5C(=O)N(C5CCC(=O)NC5=O)C6=O)CC4)CC3)c2)nc1C(=O)O[C@@H](C(=O)Nc1ccc(F)cc1)c1ccccc1. The van der Waals surface area contributed by atoms with E-state index in [-0.39, 0.29) is 53.3 Å². The van der Waals surface area contributed by atoms with Crippen LogP contribution in [0, 0.1) is 11.7 Å². The van der Waals surface area contributed by atoms with Crippen LogP contribution >= 0.6 is 0 Å². The van der Waals surface area contributed by atoms with Gasteiger partial charge in [-0.3, -0.25) is 43.7 Å². The molecule has 3 saturated heterocycles. The number of carbonyl (C=O) groups is 7. The van der Waals surface area contributed by atoms with Gasteiger partial charge in [0.2, 0.25) is 23.8 Å². The number of ether oxygens (including phenoxy) is 1. The number of carbonyl (C=O) groups excluding carboxylic acids is 7. The van der Waals surface area contributed by atoms with Crippen LogP contribution in [0.5, 0.6) is 0 Å². The number of amides is 6. The molecule has 0 radical (unpaired) electrons. The maximum atomic E-state index is 13.8. The van der Waals surface area contributed by atoms with Gasteiger partial charge in [0.1, 0.15) is 11.9 Å². The Morgan fingerprint density at radius 2 is 1.58 bits per heavy atom. The van der Waals surface area contributed by atoms with Crippen LogP contribution in [0.3, 0.4) is 0 Å². The molecule has 6 heterocycles. The molecule has 9 rings (SSSR count). The molecule has 19 heteroatoms. The van der Waals surface area contributed by atoms with E-state index in [1.54, 1.807) is 60.9 Å². The number of esters is 1. The van der Waals surface area contributed by atoms with Crippen LogP contribution in [-0.4, -0.2) is 103 Å². The highest BCUT2D eigenvalue weighted by Gasteiger charge is 2.46. The Balaban J connectivity index is 0.801. The van der Waals surface area contributed by atoms with Crippen molar-refractivity contribution in [1.82, 2.24) is 34.9 Å². The molecular formula is C46H43FN10O8. The lowest BCUT2D eigenvalue weighted by Crippen LogP contribution is -2.54. The highest BCUT2D eigenvalue weighted by molar-refractivity contribution is 6.25. The van der Waals surface area contributed by atoms with Gasteiger partial charge < -0.3 is 25.6 Å². The average Bonchev–Trinajstić information content (AvgIpc) is 3.92. The van der Waals surface area contributed by atoms with Crippen molar-refractivity contribution in [3.8, 4) is 11.3 Å². The van der Waals surface area contributed by atoms with Crippen molar-refractivity contribution in [3.05, 3.63) is 120 Å². The number of nitrogens with one attached hydrogen (secondary N) is 2. The fourth-order valence-corrected chi connectivity index (χ4v) is 8.90. The van der Waals surface area contributed by atoms with Crippen LogP contribution in [0.25, 0.3) is 11.3 Å². The molecule has 4 aliphatic heterocycles. The first-order valence-corrected chi connectivity index (χ1v) is 21.3. The number of benzene rings is 3. The van der Waals surface area contributed by atoms with Crippen molar-refractivity contribution >= 4 is 58.6 Å². The van der Waals surface area contributed by atoms with Crippen LogP contribution in [0.1, 0.15) is 87.4 Å². The molecule has 5 aromatic rings. The molecule has 3 fully saturated rings. The van der Waals surface area contributed by atoms with E-state index in [1.165, 1.54) is 30.5 Å². The molecule has 18 nitrogen and oxygen atoms in total. The summed E-state index contributed by atoms with van der Waals surface area (Å²) in [5, 5.41) is 9.44. The highest BCUT2D eigenvalue weighted by Crippen LogP contribution is 2.37. The summed E-state index contributed by atoms with van der Waals surface area (Å²) < 4.78 is 21.0. The summed E-state index contributed by atoms with van der Waals surface area (Å²) in [6.45, 7) is 2.03. The number of nitrogens with zero attached hydrogens (tertiary/aromatic N) is 7. The zero-order valence-corrected chi connectivity index (χ0v) is 34.9. The van der Waals surface area contributed by atoms with Crippen molar-refractivity contribution in [3.63, 3.8) is 0 Å². The summed E-state index contributed by atoms with van der Waals surface area (Å²) in [7, 11) is 0. The van der Waals surface area contributed by atoms with E-state index in [4.69, 9.17) is 10.5 Å². The Bertz CT molecular complexity index is 2710. The summed E-state index contributed by atoms with van der Waals surface area (Å²) in [4.78, 5) is 106. The summed E-state index contributed by atoms with van der Waals surface area (Å²) in [6.07, 6.45) is 5.91. The molecule has 65 heavy (non-hydrogen) atoms. The van der Waals surface area contributed by atoms with E-state index in [9.17, 15) is 38.0 Å². The van der Waals surface area contributed by atoms with Gasteiger partial charge in [-0.25, -0.2) is 19.2 Å². The zero-order valence-electron chi connectivity index (χ0n) is 34.9. The van der Waals surface area contributed by atoms with Crippen molar-refractivity contribution in [2.45, 2.75) is 56.7 Å². The molecule has 3 aromatic carbocycles. The summed E-state index contributed by atoms with van der Waals surface area (Å²) in [5.74, 6) is -4.71. The van der Waals surface area contributed by atoms with Gasteiger partial charge in [-0.15, -0.1) is 0 Å². The fraction of sp³-hybridized carbons (Fsp3) is 0.304. The van der Waals surface area contributed by atoms with Crippen molar-refractivity contribution in [2.75, 3.05) is 42.1 Å². The van der Waals surface area contributed by atoms with Gasteiger partial charge in [-0.1, -0.05) is 36.4 Å². The minimum atomic E-state index is -1.40. The largest absolute Gasteiger partial charge is 0.442 e. The maximum absolute atomic E-state index is 13.8. The summed E-state index contributed by atoms with van der Waals surface area (Å²) in [6, 6.07) is 17.5.